The van der Waals surface area contributed by atoms with Crippen molar-refractivity contribution in [3.63, 3.8) is 0 Å². The van der Waals surface area contributed by atoms with Crippen LogP contribution in [0.5, 0.6) is 5.75 Å². The molecule has 1 aromatic carbocycles. The average Bonchev–Trinajstić information content (AvgIpc) is 2.89. The van der Waals surface area contributed by atoms with Crippen molar-refractivity contribution in [2.45, 2.75) is 13.1 Å². The van der Waals surface area contributed by atoms with Gasteiger partial charge in [-0.15, -0.1) is 10.2 Å². The molecule has 0 aliphatic rings. The number of hydrogen-bond acceptors (Lipinski definition) is 5. The van der Waals surface area contributed by atoms with Gasteiger partial charge < -0.3 is 10.1 Å². The number of hydrogen-bond donors (Lipinski definition) is 2. The Hall–Kier alpha value is -2.36. The van der Waals surface area contributed by atoms with E-state index < -0.39 is 17.2 Å². The van der Waals surface area contributed by atoms with Crippen LogP contribution < -0.4 is 15.4 Å². The van der Waals surface area contributed by atoms with Crippen LogP contribution in [0.4, 0.5) is 28.8 Å². The summed E-state index contributed by atoms with van der Waals surface area (Å²) >= 11 is 0.243. The highest BCUT2D eigenvalue weighted by atomic mass is 32.1. The van der Waals surface area contributed by atoms with E-state index in [1.807, 2.05) is 0 Å². The third kappa shape index (κ3) is 4.07. The number of benzene rings is 1. The Morgan fingerprint density at radius 3 is 2.64 bits per heavy atom. The fourth-order valence-electron chi connectivity index (χ4n) is 1.49. The Labute approximate surface area is 127 Å². The molecular formula is C12H11F3N4O2S. The van der Waals surface area contributed by atoms with Crippen molar-refractivity contribution in [3.8, 4) is 5.75 Å². The number of rotatable bonds is 4. The van der Waals surface area contributed by atoms with E-state index in [9.17, 15) is 18.0 Å². The van der Waals surface area contributed by atoms with E-state index in [1.165, 1.54) is 0 Å². The maximum Gasteiger partial charge on any atom is 0.445 e. The number of aromatic nitrogens is 2. The first-order valence-electron chi connectivity index (χ1n) is 6.10. The van der Waals surface area contributed by atoms with Crippen molar-refractivity contribution in [2.24, 2.45) is 0 Å². The van der Waals surface area contributed by atoms with Gasteiger partial charge in [-0.25, -0.2) is 4.79 Å². The topological polar surface area (TPSA) is 76.1 Å². The van der Waals surface area contributed by atoms with Gasteiger partial charge in [0.2, 0.25) is 10.1 Å². The molecule has 1 heterocycles. The molecule has 0 aliphatic carbocycles. The third-order valence-corrected chi connectivity index (χ3v) is 3.21. The summed E-state index contributed by atoms with van der Waals surface area (Å²) < 4.78 is 42.5. The quantitative estimate of drug-likeness (QED) is 0.897. The van der Waals surface area contributed by atoms with Crippen molar-refractivity contribution in [1.82, 2.24) is 10.2 Å². The number of carbonyl (C=O) groups excluding carboxylic acids is 1. The lowest BCUT2D eigenvalue weighted by atomic mass is 10.3. The van der Waals surface area contributed by atoms with E-state index in [-0.39, 0.29) is 16.5 Å². The number of ether oxygens (including phenoxy) is 1. The zero-order valence-electron chi connectivity index (χ0n) is 11.3. The molecule has 2 amide bonds. The Bertz CT molecular complexity index is 660. The number of para-hydroxylation sites is 2. The molecule has 0 bridgehead atoms. The maximum atomic E-state index is 12.4. The lowest BCUT2D eigenvalue weighted by Gasteiger charge is -2.10. The summed E-state index contributed by atoms with van der Waals surface area (Å²) in [5, 5.41) is 9.53. The highest BCUT2D eigenvalue weighted by Gasteiger charge is 2.35. The first kappa shape index (κ1) is 16.0. The summed E-state index contributed by atoms with van der Waals surface area (Å²) in [6.45, 7) is 2.20. The number of carbonyl (C=O) groups is 1. The molecule has 0 spiro atoms. The van der Waals surface area contributed by atoms with Crippen LogP contribution in [-0.2, 0) is 6.18 Å². The first-order chi connectivity index (χ1) is 10.4. The van der Waals surface area contributed by atoms with Gasteiger partial charge in [-0.05, 0) is 19.1 Å². The summed E-state index contributed by atoms with van der Waals surface area (Å²) in [5.74, 6) is 0.452. The van der Waals surface area contributed by atoms with E-state index in [0.29, 0.717) is 18.0 Å². The summed E-state index contributed by atoms with van der Waals surface area (Å²) in [5.41, 5.74) is 0.391. The molecule has 0 saturated carbocycles. The maximum absolute atomic E-state index is 12.4. The second-order valence-corrected chi connectivity index (χ2v) is 4.90. The smallest absolute Gasteiger partial charge is 0.445 e. The highest BCUT2D eigenvalue weighted by molar-refractivity contribution is 7.15. The van der Waals surface area contributed by atoms with Crippen molar-refractivity contribution >= 4 is 28.2 Å². The zero-order valence-corrected chi connectivity index (χ0v) is 12.1. The van der Waals surface area contributed by atoms with Crippen molar-refractivity contribution in [1.29, 1.82) is 0 Å². The summed E-state index contributed by atoms with van der Waals surface area (Å²) in [6.07, 6.45) is -4.59. The predicted octanol–water partition coefficient (Wildman–Crippen LogP) is 3.60. The Kier molecular flexibility index (Phi) is 4.81. The van der Waals surface area contributed by atoms with Crippen LogP contribution in [0, 0.1) is 0 Å². The van der Waals surface area contributed by atoms with Gasteiger partial charge in [0.05, 0.1) is 12.3 Å². The zero-order chi connectivity index (χ0) is 16.2. The van der Waals surface area contributed by atoms with Crippen LogP contribution in [0.25, 0.3) is 0 Å². The van der Waals surface area contributed by atoms with E-state index in [4.69, 9.17) is 4.74 Å². The van der Waals surface area contributed by atoms with Gasteiger partial charge >= 0.3 is 12.2 Å². The van der Waals surface area contributed by atoms with Gasteiger partial charge in [-0.3, -0.25) is 5.32 Å². The number of nitrogens with one attached hydrogen (secondary N) is 2. The third-order valence-electron chi connectivity index (χ3n) is 2.32. The van der Waals surface area contributed by atoms with Crippen molar-refractivity contribution < 1.29 is 22.7 Å². The van der Waals surface area contributed by atoms with E-state index in [1.54, 1.807) is 31.2 Å². The second-order valence-electron chi connectivity index (χ2n) is 3.92. The fraction of sp³-hybridized carbons (Fsp3) is 0.250. The van der Waals surface area contributed by atoms with E-state index >= 15 is 0 Å². The lowest BCUT2D eigenvalue weighted by molar-refractivity contribution is -0.138. The average molecular weight is 332 g/mol. The molecular weight excluding hydrogens is 321 g/mol. The fourth-order valence-corrected chi connectivity index (χ4v) is 2.10. The summed E-state index contributed by atoms with van der Waals surface area (Å²) in [4.78, 5) is 11.8. The van der Waals surface area contributed by atoms with Crippen LogP contribution in [0.3, 0.4) is 0 Å². The van der Waals surface area contributed by atoms with Gasteiger partial charge in [-0.2, -0.15) is 13.2 Å². The molecule has 0 unspecified atom stereocenters. The Morgan fingerprint density at radius 2 is 2.00 bits per heavy atom. The molecule has 22 heavy (non-hydrogen) atoms. The molecule has 2 N–H and O–H groups in total. The van der Waals surface area contributed by atoms with Crippen LogP contribution in [-0.4, -0.2) is 22.8 Å². The van der Waals surface area contributed by atoms with Crippen LogP contribution >= 0.6 is 11.3 Å². The molecule has 0 radical (unpaired) electrons. The Balaban J connectivity index is 2.03. The minimum Gasteiger partial charge on any atom is -0.492 e. The number of urea groups is 1. The van der Waals surface area contributed by atoms with Crippen molar-refractivity contribution in [3.05, 3.63) is 29.3 Å². The number of halogens is 3. The van der Waals surface area contributed by atoms with E-state index in [0.717, 1.165) is 0 Å². The van der Waals surface area contributed by atoms with Gasteiger partial charge in [0.25, 0.3) is 0 Å². The SMILES string of the molecule is CCOc1ccccc1NC(=O)Nc1nnc(C(F)(F)F)s1. The lowest BCUT2D eigenvalue weighted by Crippen LogP contribution is -2.19. The van der Waals surface area contributed by atoms with Gasteiger partial charge in [0.1, 0.15) is 5.75 Å². The normalized spacial score (nSPS) is 11.1. The van der Waals surface area contributed by atoms with Gasteiger partial charge in [-0.1, -0.05) is 23.5 Å². The molecule has 6 nitrogen and oxygen atoms in total. The van der Waals surface area contributed by atoms with E-state index in [2.05, 4.69) is 20.8 Å². The number of amides is 2. The van der Waals surface area contributed by atoms with Crippen LogP contribution in [0.1, 0.15) is 11.9 Å². The largest absolute Gasteiger partial charge is 0.492 e. The minimum atomic E-state index is -4.59. The van der Waals surface area contributed by atoms with Crippen LogP contribution in [0.15, 0.2) is 24.3 Å². The molecule has 0 saturated heterocycles. The molecule has 118 valence electrons. The number of anilines is 2. The molecule has 2 aromatic rings. The van der Waals surface area contributed by atoms with Gasteiger partial charge in [0, 0.05) is 0 Å². The standard InChI is InChI=1S/C12H11F3N4O2S/c1-2-21-8-6-4-3-5-7(8)16-10(20)17-11-19-18-9(22-11)12(13,14)15/h3-6H,2H2,1H3,(H2,16,17,19,20). The van der Waals surface area contributed by atoms with Crippen molar-refractivity contribution in [2.75, 3.05) is 17.2 Å². The molecule has 0 aliphatic heterocycles. The number of alkyl halides is 3. The monoisotopic (exact) mass is 332 g/mol. The second kappa shape index (κ2) is 6.60. The highest BCUT2D eigenvalue weighted by Crippen LogP contribution is 2.33. The Morgan fingerprint density at radius 1 is 1.27 bits per heavy atom. The number of nitrogens with zero attached hydrogens (tertiary/aromatic N) is 2. The summed E-state index contributed by atoms with van der Waals surface area (Å²) in [7, 11) is 0. The molecule has 10 heteroatoms. The first-order valence-corrected chi connectivity index (χ1v) is 6.92. The molecule has 2 rings (SSSR count). The predicted molar refractivity (Wildman–Crippen MR) is 75.2 cm³/mol. The van der Waals surface area contributed by atoms with Gasteiger partial charge in [0.15, 0.2) is 0 Å². The molecule has 1 aromatic heterocycles. The minimum absolute atomic E-state index is 0.243. The molecule has 0 atom stereocenters. The van der Waals surface area contributed by atoms with Crippen LogP contribution in [0.2, 0.25) is 0 Å². The molecule has 0 fully saturated rings. The summed E-state index contributed by atoms with van der Waals surface area (Å²) in [6, 6.07) is 5.94.